The molecule has 2 aliphatic rings. The fourth-order valence-electron chi connectivity index (χ4n) is 4.11. The number of aromatic nitrogens is 5. The Bertz CT molecular complexity index is 966. The summed E-state index contributed by atoms with van der Waals surface area (Å²) < 4.78 is 12.8. The van der Waals surface area contributed by atoms with Gasteiger partial charge in [0.05, 0.1) is 37.3 Å². The number of pyridine rings is 1. The smallest absolute Gasteiger partial charge is 0.167 e. The first-order valence-electron chi connectivity index (χ1n) is 10.3. The Balaban J connectivity index is 0.00000106. The number of hydrogen-bond acceptors (Lipinski definition) is 8. The third-order valence-corrected chi connectivity index (χ3v) is 5.73. The van der Waals surface area contributed by atoms with Gasteiger partial charge in [-0.05, 0) is 25.6 Å². The molecule has 10 nitrogen and oxygen atoms in total. The highest BCUT2D eigenvalue weighted by Crippen LogP contribution is 2.38. The molecular weight excluding hydrogens is 386 g/mol. The molecule has 0 bridgehead atoms. The zero-order valence-corrected chi connectivity index (χ0v) is 17.4. The monoisotopic (exact) mass is 415 g/mol. The number of ether oxygens (including phenoxy) is 2. The summed E-state index contributed by atoms with van der Waals surface area (Å²) in [6, 6.07) is 4.08. The number of fused-ring (bicyclic) bond motifs is 1. The van der Waals surface area contributed by atoms with Crippen LogP contribution in [-0.4, -0.2) is 76.1 Å². The van der Waals surface area contributed by atoms with Crippen LogP contribution >= 0.6 is 0 Å². The van der Waals surface area contributed by atoms with Crippen molar-refractivity contribution in [1.29, 1.82) is 0 Å². The fraction of sp³-hybridized carbons (Fsp3) is 0.550. The minimum atomic E-state index is -0.953. The van der Waals surface area contributed by atoms with Crippen LogP contribution in [0.25, 0.3) is 16.9 Å². The van der Waals surface area contributed by atoms with E-state index in [-0.39, 0.29) is 6.04 Å². The van der Waals surface area contributed by atoms with Crippen molar-refractivity contribution in [3.8, 4) is 5.82 Å². The van der Waals surface area contributed by atoms with E-state index in [1.165, 1.54) is 7.05 Å². The lowest BCUT2D eigenvalue weighted by atomic mass is 9.85. The highest BCUT2D eigenvalue weighted by atomic mass is 16.5. The number of aliphatic hydroxyl groups is 1. The van der Waals surface area contributed by atoms with Crippen LogP contribution in [0.1, 0.15) is 25.3 Å². The lowest BCUT2D eigenvalue weighted by molar-refractivity contribution is -0.0670. The van der Waals surface area contributed by atoms with Gasteiger partial charge < -0.3 is 25.2 Å². The molecule has 0 aromatic carbocycles. The number of anilines is 1. The molecule has 1 unspecified atom stereocenters. The predicted molar refractivity (Wildman–Crippen MR) is 113 cm³/mol. The second kappa shape index (κ2) is 8.68. The standard InChI is InChI=1S/C19H24N6O3.CH5N/c1-13-12-28-9-6-24(13)17-10-15(19(26)3-7-27-8-4-19)14-11-21-25(18(14)22-17)16-2-5-20-23-16;1-2/h2,5,10-11,13,26H,3-4,6-9,12H2,1H3,(H,20,23);2H2,1H3. The number of H-pyrrole nitrogens is 1. The quantitative estimate of drug-likeness (QED) is 0.577. The number of aromatic amines is 1. The van der Waals surface area contributed by atoms with Crippen molar-refractivity contribution >= 4 is 16.9 Å². The van der Waals surface area contributed by atoms with Crippen LogP contribution in [0, 0.1) is 0 Å². The summed E-state index contributed by atoms with van der Waals surface area (Å²) in [6.07, 6.45) is 4.57. The van der Waals surface area contributed by atoms with Crippen molar-refractivity contribution in [1.82, 2.24) is 25.0 Å². The zero-order chi connectivity index (χ0) is 21.1. The predicted octanol–water partition coefficient (Wildman–Crippen LogP) is 0.942. The molecular formula is C20H29N7O3. The number of nitrogens with two attached hydrogens (primary N) is 1. The fourth-order valence-corrected chi connectivity index (χ4v) is 4.11. The number of morpholine rings is 1. The molecule has 10 heteroatoms. The van der Waals surface area contributed by atoms with E-state index in [0.717, 1.165) is 29.1 Å². The highest BCUT2D eigenvalue weighted by molar-refractivity contribution is 5.83. The van der Waals surface area contributed by atoms with E-state index in [9.17, 15) is 5.11 Å². The highest BCUT2D eigenvalue weighted by Gasteiger charge is 2.35. The van der Waals surface area contributed by atoms with Gasteiger partial charge in [-0.15, -0.1) is 0 Å². The first-order chi connectivity index (χ1) is 14.7. The van der Waals surface area contributed by atoms with Crippen molar-refractivity contribution in [3.63, 3.8) is 0 Å². The second-order valence-electron chi connectivity index (χ2n) is 7.52. The molecule has 2 fully saturated rings. The summed E-state index contributed by atoms with van der Waals surface area (Å²) in [7, 11) is 1.50. The van der Waals surface area contributed by atoms with Gasteiger partial charge in [0, 0.05) is 44.1 Å². The number of nitrogens with one attached hydrogen (secondary N) is 1. The Kier molecular flexibility index (Phi) is 6.00. The summed E-state index contributed by atoms with van der Waals surface area (Å²) >= 11 is 0. The SMILES string of the molecule is CC1COCCN1c1cc(C2(O)CCOCC2)c2cnn(-c3ccn[nH]3)c2n1.CN. The molecule has 162 valence electrons. The van der Waals surface area contributed by atoms with Crippen LogP contribution in [0.5, 0.6) is 0 Å². The van der Waals surface area contributed by atoms with Gasteiger partial charge >= 0.3 is 0 Å². The lowest BCUT2D eigenvalue weighted by Gasteiger charge is -2.36. The Hall–Kier alpha value is -2.53. The lowest BCUT2D eigenvalue weighted by Crippen LogP contribution is -2.44. The molecule has 3 aromatic heterocycles. The van der Waals surface area contributed by atoms with Crippen LogP contribution in [-0.2, 0) is 15.1 Å². The van der Waals surface area contributed by atoms with Gasteiger partial charge in [-0.1, -0.05) is 0 Å². The molecule has 0 spiro atoms. The van der Waals surface area contributed by atoms with Crippen LogP contribution in [0.2, 0.25) is 0 Å². The Morgan fingerprint density at radius 2 is 2.03 bits per heavy atom. The number of nitrogens with zero attached hydrogens (tertiary/aromatic N) is 5. The second-order valence-corrected chi connectivity index (χ2v) is 7.52. The van der Waals surface area contributed by atoms with Gasteiger partial charge in [0.2, 0.25) is 0 Å². The molecule has 5 rings (SSSR count). The van der Waals surface area contributed by atoms with Crippen molar-refractivity contribution in [2.75, 3.05) is 44.9 Å². The van der Waals surface area contributed by atoms with Crippen LogP contribution < -0.4 is 10.6 Å². The molecule has 3 aromatic rings. The first kappa shape index (κ1) is 20.7. The van der Waals surface area contributed by atoms with E-state index in [4.69, 9.17) is 14.5 Å². The average molecular weight is 415 g/mol. The molecule has 0 saturated carbocycles. The van der Waals surface area contributed by atoms with Crippen molar-refractivity contribution in [2.24, 2.45) is 5.73 Å². The molecule has 2 saturated heterocycles. The Morgan fingerprint density at radius 3 is 2.73 bits per heavy atom. The summed E-state index contributed by atoms with van der Waals surface area (Å²) in [5, 5.41) is 23.8. The van der Waals surface area contributed by atoms with E-state index in [1.54, 1.807) is 17.1 Å². The molecule has 0 radical (unpaired) electrons. The third kappa shape index (κ3) is 3.67. The van der Waals surface area contributed by atoms with Gasteiger partial charge in [-0.3, -0.25) is 5.10 Å². The minimum absolute atomic E-state index is 0.208. The summed E-state index contributed by atoms with van der Waals surface area (Å²) in [4.78, 5) is 7.17. The molecule has 5 heterocycles. The van der Waals surface area contributed by atoms with Gasteiger partial charge in [-0.25, -0.2) is 4.98 Å². The number of hydrogen-bond donors (Lipinski definition) is 3. The van der Waals surface area contributed by atoms with Gasteiger partial charge in [0.25, 0.3) is 0 Å². The van der Waals surface area contributed by atoms with Crippen molar-refractivity contribution < 1.29 is 14.6 Å². The van der Waals surface area contributed by atoms with Crippen LogP contribution in [0.4, 0.5) is 5.82 Å². The maximum absolute atomic E-state index is 11.5. The summed E-state index contributed by atoms with van der Waals surface area (Å²) in [5.74, 6) is 1.57. The largest absolute Gasteiger partial charge is 0.385 e. The summed E-state index contributed by atoms with van der Waals surface area (Å²) in [6.45, 7) is 5.29. The Labute approximate surface area is 175 Å². The maximum Gasteiger partial charge on any atom is 0.167 e. The van der Waals surface area contributed by atoms with Gasteiger partial charge in [0.15, 0.2) is 11.5 Å². The van der Waals surface area contributed by atoms with Crippen LogP contribution in [0.15, 0.2) is 24.5 Å². The van der Waals surface area contributed by atoms with E-state index < -0.39 is 5.60 Å². The van der Waals surface area contributed by atoms with Crippen molar-refractivity contribution in [2.45, 2.75) is 31.4 Å². The minimum Gasteiger partial charge on any atom is -0.385 e. The van der Waals surface area contributed by atoms with E-state index in [2.05, 4.69) is 32.9 Å². The van der Waals surface area contributed by atoms with Gasteiger partial charge in [-0.2, -0.15) is 14.9 Å². The average Bonchev–Trinajstić information content (AvgIpc) is 3.45. The van der Waals surface area contributed by atoms with E-state index in [0.29, 0.717) is 44.9 Å². The molecule has 4 N–H and O–H groups in total. The van der Waals surface area contributed by atoms with Gasteiger partial charge in [0.1, 0.15) is 5.82 Å². The van der Waals surface area contributed by atoms with E-state index in [1.807, 2.05) is 12.1 Å². The number of rotatable bonds is 3. The zero-order valence-electron chi connectivity index (χ0n) is 17.4. The topological polar surface area (TPSA) is 127 Å². The molecule has 30 heavy (non-hydrogen) atoms. The molecule has 1 atom stereocenters. The van der Waals surface area contributed by atoms with E-state index >= 15 is 0 Å². The molecule has 2 aliphatic heterocycles. The Morgan fingerprint density at radius 1 is 1.23 bits per heavy atom. The summed E-state index contributed by atoms with van der Waals surface area (Å²) in [5.41, 5.74) is 5.11. The molecule has 0 amide bonds. The molecule has 0 aliphatic carbocycles. The first-order valence-corrected chi connectivity index (χ1v) is 10.3. The third-order valence-electron chi connectivity index (χ3n) is 5.73. The van der Waals surface area contributed by atoms with Crippen molar-refractivity contribution in [3.05, 3.63) is 30.1 Å². The maximum atomic E-state index is 11.5. The van der Waals surface area contributed by atoms with Crippen LogP contribution in [0.3, 0.4) is 0 Å². The normalized spacial score (nSPS) is 21.3.